The molecule has 1 aromatic rings. The van der Waals surface area contributed by atoms with Crippen LogP contribution in [0.1, 0.15) is 69.2 Å². The number of carbonyl (C=O) groups is 3. The van der Waals surface area contributed by atoms with Crippen molar-refractivity contribution in [1.82, 2.24) is 14.8 Å². The van der Waals surface area contributed by atoms with Crippen LogP contribution in [0.25, 0.3) is 0 Å². The van der Waals surface area contributed by atoms with E-state index in [4.69, 9.17) is 27.9 Å². The van der Waals surface area contributed by atoms with Crippen LogP contribution in [0.3, 0.4) is 0 Å². The van der Waals surface area contributed by atoms with Gasteiger partial charge in [-0.15, -0.1) is 0 Å². The summed E-state index contributed by atoms with van der Waals surface area (Å²) in [5.74, 6) is 3.60. The molecule has 230 valence electrons. The van der Waals surface area contributed by atoms with Crippen LogP contribution in [-0.4, -0.2) is 70.9 Å². The lowest BCUT2D eigenvalue weighted by Crippen LogP contribution is -2.54. The first kappa shape index (κ1) is 30.3. The molecule has 42 heavy (non-hydrogen) atoms. The number of rotatable bonds is 8. The van der Waals surface area contributed by atoms with Crippen molar-refractivity contribution >= 4 is 29.4 Å². The SMILES string of the molecule is CN(N)/C(=C(\N)COc1ccc(Cl)c2c1C(N1CC3(CC3)CC1=O)N(C(=O)[C@@H]1CCCC[C@]1(C)C(=O)O)CC2)C(F)F. The third kappa shape index (κ3) is 5.27. The molecular formula is C29H38ClF2N5O5. The number of carbonyl (C=O) groups excluding carboxylic acids is 2. The molecule has 0 radical (unpaired) electrons. The second-order valence-electron chi connectivity index (χ2n) is 12.4. The number of hydrazine groups is 1. The molecule has 4 aliphatic rings. The second kappa shape index (κ2) is 11.2. The Morgan fingerprint density at radius 3 is 2.57 bits per heavy atom. The average Bonchev–Trinajstić information content (AvgIpc) is 3.60. The normalized spacial score (nSPS) is 27.2. The summed E-state index contributed by atoms with van der Waals surface area (Å²) < 4.78 is 33.2. The number of aliphatic carboxylic acids is 1. The highest BCUT2D eigenvalue weighted by Gasteiger charge is 2.56. The summed E-state index contributed by atoms with van der Waals surface area (Å²) >= 11 is 6.65. The molecule has 2 saturated carbocycles. The van der Waals surface area contributed by atoms with E-state index in [1.165, 1.54) is 7.05 Å². The number of benzene rings is 1. The summed E-state index contributed by atoms with van der Waals surface area (Å²) in [6, 6.07) is 3.21. The number of amides is 2. The van der Waals surface area contributed by atoms with Gasteiger partial charge in [0.25, 0.3) is 6.43 Å². The zero-order valence-corrected chi connectivity index (χ0v) is 24.6. The first-order valence-electron chi connectivity index (χ1n) is 14.3. The van der Waals surface area contributed by atoms with Gasteiger partial charge in [0.15, 0.2) is 0 Å². The van der Waals surface area contributed by atoms with Crippen LogP contribution >= 0.6 is 11.6 Å². The van der Waals surface area contributed by atoms with Gasteiger partial charge in [0.05, 0.1) is 17.0 Å². The van der Waals surface area contributed by atoms with E-state index < -0.39 is 42.2 Å². The van der Waals surface area contributed by atoms with Crippen molar-refractivity contribution in [2.24, 2.45) is 28.3 Å². The predicted molar refractivity (Wildman–Crippen MR) is 150 cm³/mol. The molecule has 5 rings (SSSR count). The van der Waals surface area contributed by atoms with Crippen molar-refractivity contribution in [2.75, 3.05) is 26.7 Å². The number of ether oxygens (including phenoxy) is 1. The van der Waals surface area contributed by atoms with Gasteiger partial charge in [0, 0.05) is 37.1 Å². The summed E-state index contributed by atoms with van der Waals surface area (Å²) in [4.78, 5) is 43.6. The molecule has 0 bridgehead atoms. The maximum absolute atomic E-state index is 14.4. The number of nitrogens with two attached hydrogens (primary N) is 2. The molecule has 2 heterocycles. The Bertz CT molecular complexity index is 1310. The van der Waals surface area contributed by atoms with E-state index in [0.29, 0.717) is 54.8 Å². The van der Waals surface area contributed by atoms with Gasteiger partial charge in [-0.1, -0.05) is 24.4 Å². The minimum Gasteiger partial charge on any atom is -0.487 e. The van der Waals surface area contributed by atoms with Crippen LogP contribution in [0, 0.1) is 16.7 Å². The molecule has 10 nitrogen and oxygen atoms in total. The smallest absolute Gasteiger partial charge is 0.310 e. The maximum atomic E-state index is 14.4. The molecule has 13 heteroatoms. The Morgan fingerprint density at radius 1 is 1.26 bits per heavy atom. The van der Waals surface area contributed by atoms with Gasteiger partial charge in [-0.2, -0.15) is 0 Å². The first-order valence-corrected chi connectivity index (χ1v) is 14.7. The topological polar surface area (TPSA) is 142 Å². The van der Waals surface area contributed by atoms with Crippen molar-refractivity contribution in [3.05, 3.63) is 39.7 Å². The van der Waals surface area contributed by atoms with Gasteiger partial charge in [-0.05, 0) is 62.1 Å². The van der Waals surface area contributed by atoms with E-state index >= 15 is 0 Å². The summed E-state index contributed by atoms with van der Waals surface area (Å²) in [6.07, 6.45) is 0.963. The molecular weight excluding hydrogens is 572 g/mol. The molecule has 5 N–H and O–H groups in total. The average molecular weight is 610 g/mol. The molecule has 1 saturated heterocycles. The summed E-state index contributed by atoms with van der Waals surface area (Å²) in [5, 5.41) is 11.3. The minimum atomic E-state index is -2.93. The van der Waals surface area contributed by atoms with Crippen LogP contribution < -0.4 is 16.3 Å². The number of likely N-dealkylation sites (tertiary alicyclic amines) is 1. The van der Waals surface area contributed by atoms with Crippen LogP contribution in [0.15, 0.2) is 23.5 Å². The van der Waals surface area contributed by atoms with E-state index in [9.17, 15) is 28.3 Å². The summed E-state index contributed by atoms with van der Waals surface area (Å²) in [7, 11) is 1.25. The lowest BCUT2D eigenvalue weighted by atomic mass is 9.66. The highest BCUT2D eigenvalue weighted by atomic mass is 35.5. The van der Waals surface area contributed by atoms with E-state index in [1.54, 1.807) is 28.9 Å². The monoisotopic (exact) mass is 609 g/mol. The number of allylic oxidation sites excluding steroid dienone is 1. The van der Waals surface area contributed by atoms with Crippen LogP contribution in [0.2, 0.25) is 5.02 Å². The second-order valence-corrected chi connectivity index (χ2v) is 12.8. The van der Waals surface area contributed by atoms with Crippen LogP contribution in [0.4, 0.5) is 8.78 Å². The van der Waals surface area contributed by atoms with E-state index in [1.807, 2.05) is 0 Å². The molecule has 1 spiro atoms. The number of carboxylic acid groups (broad SMARTS) is 1. The standard InChI is InChI=1S/C29H38ClF2N5O5/c1-28(27(40)41)9-4-3-5-17(28)26(39)36-12-8-16-18(30)6-7-20(42-14-19(33)23(24(31)32)35(2)34)22(16)25(36)37-15-29(10-11-29)13-21(37)38/h6-7,17,24-25H,3-5,8-15,33-34H2,1-2H3,(H,40,41)/b23-19-/t17-,25?,28-/m0/s1. The van der Waals surface area contributed by atoms with Gasteiger partial charge in [0.2, 0.25) is 11.8 Å². The number of hydrogen-bond donors (Lipinski definition) is 3. The van der Waals surface area contributed by atoms with Crippen LogP contribution in [0.5, 0.6) is 5.75 Å². The zero-order valence-electron chi connectivity index (χ0n) is 23.9. The minimum absolute atomic E-state index is 0.108. The maximum Gasteiger partial charge on any atom is 0.310 e. The number of hydrogen-bond acceptors (Lipinski definition) is 7. The van der Waals surface area contributed by atoms with E-state index in [0.717, 1.165) is 24.3 Å². The molecule has 2 aliphatic heterocycles. The summed E-state index contributed by atoms with van der Waals surface area (Å²) in [5.41, 5.74) is 4.93. The van der Waals surface area contributed by atoms with Crippen molar-refractivity contribution in [3.8, 4) is 5.75 Å². The Labute approximate surface area is 248 Å². The van der Waals surface area contributed by atoms with Crippen molar-refractivity contribution in [2.45, 2.75) is 70.9 Å². The molecule has 1 aromatic carbocycles. The fourth-order valence-electron chi connectivity index (χ4n) is 6.94. The molecule has 2 amide bonds. The summed E-state index contributed by atoms with van der Waals surface area (Å²) in [6.45, 7) is 1.88. The van der Waals surface area contributed by atoms with E-state index in [2.05, 4.69) is 0 Å². The molecule has 1 unspecified atom stereocenters. The van der Waals surface area contributed by atoms with Gasteiger partial charge >= 0.3 is 5.97 Å². The molecule has 3 atom stereocenters. The Kier molecular flexibility index (Phi) is 8.08. The first-order chi connectivity index (χ1) is 19.8. The highest BCUT2D eigenvalue weighted by molar-refractivity contribution is 6.31. The van der Waals surface area contributed by atoms with Crippen molar-refractivity contribution in [1.29, 1.82) is 0 Å². The number of halogens is 3. The highest BCUT2D eigenvalue weighted by Crippen LogP contribution is 2.56. The number of nitrogens with zero attached hydrogens (tertiary/aromatic N) is 3. The van der Waals surface area contributed by atoms with E-state index in [-0.39, 0.29) is 35.2 Å². The quantitative estimate of drug-likeness (QED) is 0.300. The van der Waals surface area contributed by atoms with Gasteiger partial charge in [-0.3, -0.25) is 14.4 Å². The fourth-order valence-corrected chi connectivity index (χ4v) is 7.20. The fraction of sp³-hybridized carbons (Fsp3) is 0.621. The Balaban J connectivity index is 1.58. The van der Waals surface area contributed by atoms with Crippen molar-refractivity contribution in [3.63, 3.8) is 0 Å². The largest absolute Gasteiger partial charge is 0.487 e. The van der Waals surface area contributed by atoms with Gasteiger partial charge in [0.1, 0.15) is 24.2 Å². The van der Waals surface area contributed by atoms with Gasteiger partial charge in [-0.25, -0.2) is 14.6 Å². The lowest BCUT2D eigenvalue weighted by molar-refractivity contribution is -0.165. The lowest BCUT2D eigenvalue weighted by Gasteiger charge is -2.47. The number of fused-ring (bicyclic) bond motifs is 1. The van der Waals surface area contributed by atoms with Gasteiger partial charge < -0.3 is 30.4 Å². The third-order valence-corrected chi connectivity index (χ3v) is 9.95. The Hall–Kier alpha value is -3.12. The number of carboxylic acids is 1. The predicted octanol–water partition coefficient (Wildman–Crippen LogP) is 3.64. The molecule has 3 fully saturated rings. The zero-order chi connectivity index (χ0) is 30.6. The number of alkyl halides is 2. The third-order valence-electron chi connectivity index (χ3n) is 9.60. The van der Waals surface area contributed by atoms with Crippen LogP contribution in [-0.2, 0) is 20.8 Å². The van der Waals surface area contributed by atoms with Crippen molar-refractivity contribution < 1.29 is 33.0 Å². The molecule has 2 aliphatic carbocycles. The molecule has 0 aromatic heterocycles. The Morgan fingerprint density at radius 2 is 1.98 bits per heavy atom.